The summed E-state index contributed by atoms with van der Waals surface area (Å²) >= 11 is 0. The van der Waals surface area contributed by atoms with Crippen molar-refractivity contribution in [1.82, 2.24) is 14.9 Å². The van der Waals surface area contributed by atoms with Crippen molar-refractivity contribution in [2.45, 2.75) is 45.6 Å². The quantitative estimate of drug-likeness (QED) is 0.343. The Kier molecular flexibility index (Phi) is 7.12. The maximum absolute atomic E-state index is 12.6. The van der Waals surface area contributed by atoms with Gasteiger partial charge in [0.15, 0.2) is 0 Å². The van der Waals surface area contributed by atoms with Crippen molar-refractivity contribution < 1.29 is 19.1 Å². The van der Waals surface area contributed by atoms with Crippen LogP contribution >= 0.6 is 0 Å². The van der Waals surface area contributed by atoms with Gasteiger partial charge >= 0.3 is 6.09 Å². The van der Waals surface area contributed by atoms with Crippen LogP contribution in [0.5, 0.6) is 0 Å². The minimum absolute atomic E-state index is 0.0519. The fraction of sp³-hybridized carbons (Fsp3) is 0.296. The zero-order valence-corrected chi connectivity index (χ0v) is 20.7. The summed E-state index contributed by atoms with van der Waals surface area (Å²) in [7, 11) is 0. The number of nitrogens with zero attached hydrogens (tertiary/aromatic N) is 2. The molecule has 0 saturated heterocycles. The summed E-state index contributed by atoms with van der Waals surface area (Å²) in [6.45, 7) is 6.39. The van der Waals surface area contributed by atoms with Crippen molar-refractivity contribution in [3.63, 3.8) is 0 Å². The molecule has 0 spiro atoms. The van der Waals surface area contributed by atoms with Crippen LogP contribution in [0, 0.1) is 0 Å². The molecule has 1 atom stereocenters. The Morgan fingerprint density at radius 1 is 1.06 bits per heavy atom. The van der Waals surface area contributed by atoms with E-state index < -0.39 is 23.6 Å². The van der Waals surface area contributed by atoms with Crippen molar-refractivity contribution in [3.05, 3.63) is 71.8 Å². The van der Waals surface area contributed by atoms with Crippen LogP contribution in [0.2, 0.25) is 0 Å². The number of nitrogen functional groups attached to an aromatic ring is 1. The second-order valence-corrected chi connectivity index (χ2v) is 9.63. The Balaban J connectivity index is 1.68. The number of hydrogen-bond acceptors (Lipinski definition) is 6. The molecule has 0 aliphatic carbocycles. The largest absolute Gasteiger partial charge is 0.444 e. The van der Waals surface area contributed by atoms with Crippen LogP contribution in [0.1, 0.15) is 36.7 Å². The van der Waals surface area contributed by atoms with Gasteiger partial charge in [0.25, 0.3) is 5.91 Å². The molecule has 2 aromatic heterocycles. The van der Waals surface area contributed by atoms with Gasteiger partial charge in [0.2, 0.25) is 0 Å². The van der Waals surface area contributed by atoms with E-state index in [1.807, 2.05) is 79.9 Å². The molecule has 2 amide bonds. The highest BCUT2D eigenvalue weighted by Gasteiger charge is 2.23. The van der Waals surface area contributed by atoms with Crippen molar-refractivity contribution in [3.8, 4) is 0 Å². The first-order valence-electron chi connectivity index (χ1n) is 11.7. The Morgan fingerprint density at radius 2 is 1.75 bits per heavy atom. The maximum Gasteiger partial charge on any atom is 0.408 e. The molecule has 36 heavy (non-hydrogen) atoms. The van der Waals surface area contributed by atoms with Crippen LogP contribution in [-0.4, -0.2) is 39.8 Å². The Hall–Kier alpha value is -4.11. The lowest BCUT2D eigenvalue weighted by Crippen LogP contribution is -2.43. The summed E-state index contributed by atoms with van der Waals surface area (Å²) in [6, 6.07) is 18.7. The van der Waals surface area contributed by atoms with Crippen LogP contribution in [0.25, 0.3) is 21.9 Å². The first-order valence-corrected chi connectivity index (χ1v) is 11.7. The molecule has 2 heterocycles. The van der Waals surface area contributed by atoms with Crippen LogP contribution in [0.15, 0.2) is 60.7 Å². The fourth-order valence-electron chi connectivity index (χ4n) is 4.08. The third-order valence-corrected chi connectivity index (χ3v) is 5.59. The zero-order chi connectivity index (χ0) is 25.9. The number of alkyl carbamates (subject to hydrolysis) is 1. The van der Waals surface area contributed by atoms with Gasteiger partial charge in [-0.15, -0.1) is 0 Å². The number of benzene rings is 2. The number of amides is 2. The zero-order valence-electron chi connectivity index (χ0n) is 20.7. The lowest BCUT2D eigenvalue weighted by molar-refractivity contribution is 0.0416. The van der Waals surface area contributed by atoms with Crippen LogP contribution in [0.4, 0.5) is 10.6 Å². The summed E-state index contributed by atoms with van der Waals surface area (Å²) in [5.74, 6) is -0.589. The summed E-state index contributed by atoms with van der Waals surface area (Å²) in [4.78, 5) is 29.0. The number of aromatic nitrogens is 2. The van der Waals surface area contributed by atoms with E-state index in [4.69, 9.17) is 20.9 Å². The highest BCUT2D eigenvalue weighted by molar-refractivity contribution is 6.10. The van der Waals surface area contributed by atoms with Gasteiger partial charge in [-0.3, -0.25) is 4.79 Å². The van der Waals surface area contributed by atoms with E-state index in [0.29, 0.717) is 18.8 Å². The number of anilines is 1. The predicted octanol–water partition coefficient (Wildman–Crippen LogP) is 3.98. The van der Waals surface area contributed by atoms with E-state index in [9.17, 15) is 9.59 Å². The molecule has 5 N–H and O–H groups in total. The molecule has 9 nitrogen and oxygen atoms in total. The second-order valence-electron chi connectivity index (χ2n) is 9.63. The smallest absolute Gasteiger partial charge is 0.408 e. The van der Waals surface area contributed by atoms with Crippen LogP contribution in [0.3, 0.4) is 0 Å². The van der Waals surface area contributed by atoms with Gasteiger partial charge in [-0.25, -0.2) is 9.78 Å². The van der Waals surface area contributed by atoms with E-state index in [-0.39, 0.29) is 18.0 Å². The molecule has 9 heteroatoms. The topological polar surface area (TPSA) is 134 Å². The van der Waals surface area contributed by atoms with Crippen LogP contribution in [-0.2, 0) is 22.6 Å². The average Bonchev–Trinajstić information content (AvgIpc) is 3.10. The highest BCUT2D eigenvalue weighted by Crippen LogP contribution is 2.30. The van der Waals surface area contributed by atoms with Gasteiger partial charge in [0.05, 0.1) is 30.3 Å². The van der Waals surface area contributed by atoms with Gasteiger partial charge < -0.3 is 30.8 Å². The monoisotopic (exact) mass is 489 g/mol. The minimum atomic E-state index is -0.645. The SMILES string of the molecule is CC(C)(C)OC(=O)NC(COCc1ccccc1)Cn1c2ccccc2c2cc(C(N)=O)c(N)nc21. The Bertz CT molecular complexity index is 1390. The van der Waals surface area contributed by atoms with E-state index in [1.165, 1.54) is 0 Å². The predicted molar refractivity (Wildman–Crippen MR) is 139 cm³/mol. The molecule has 0 saturated carbocycles. The fourth-order valence-corrected chi connectivity index (χ4v) is 4.08. The van der Waals surface area contributed by atoms with Crippen LogP contribution < -0.4 is 16.8 Å². The summed E-state index contributed by atoms with van der Waals surface area (Å²) < 4.78 is 13.4. The number of fused-ring (bicyclic) bond motifs is 3. The van der Waals surface area contributed by atoms with E-state index >= 15 is 0 Å². The average molecular weight is 490 g/mol. The molecular formula is C27H31N5O4. The Labute approximate surface area is 209 Å². The van der Waals surface area contributed by atoms with E-state index in [2.05, 4.69) is 10.3 Å². The molecule has 188 valence electrons. The molecule has 0 bridgehead atoms. The summed E-state index contributed by atoms with van der Waals surface area (Å²) in [6.07, 6.45) is -0.542. The van der Waals surface area contributed by atoms with Crippen molar-refractivity contribution in [2.75, 3.05) is 12.3 Å². The number of rotatable bonds is 8. The number of ether oxygens (including phenoxy) is 2. The number of nitrogens with one attached hydrogen (secondary N) is 1. The molecule has 0 aliphatic rings. The molecule has 0 aliphatic heterocycles. The standard InChI is InChI=1S/C27H31N5O4/c1-27(2,3)36-26(34)30-18(16-35-15-17-9-5-4-6-10-17)14-32-22-12-8-7-11-19(22)20-13-21(24(29)33)23(28)31-25(20)32/h4-13,18H,14-16H2,1-3H3,(H2,28,31)(H2,29,33)(H,30,34). The van der Waals surface area contributed by atoms with Crippen molar-refractivity contribution in [1.29, 1.82) is 0 Å². The number of para-hydroxylation sites is 1. The first kappa shape index (κ1) is 25.0. The number of primary amides is 1. The number of nitrogens with two attached hydrogens (primary N) is 2. The number of hydrogen-bond donors (Lipinski definition) is 3. The first-order chi connectivity index (χ1) is 17.1. The normalized spacial score (nSPS) is 12.5. The maximum atomic E-state index is 12.6. The Morgan fingerprint density at radius 3 is 2.44 bits per heavy atom. The molecule has 2 aromatic carbocycles. The third-order valence-electron chi connectivity index (χ3n) is 5.59. The van der Waals surface area contributed by atoms with Gasteiger partial charge in [0, 0.05) is 17.3 Å². The van der Waals surface area contributed by atoms with Gasteiger partial charge in [-0.05, 0) is 38.5 Å². The molecule has 0 radical (unpaired) electrons. The lowest BCUT2D eigenvalue weighted by atomic mass is 10.1. The molecule has 0 fully saturated rings. The van der Waals surface area contributed by atoms with Gasteiger partial charge in [0.1, 0.15) is 17.1 Å². The van der Waals surface area contributed by atoms with Crippen molar-refractivity contribution >= 4 is 39.8 Å². The summed E-state index contributed by atoms with van der Waals surface area (Å²) in [5, 5.41) is 4.57. The van der Waals surface area contributed by atoms with E-state index in [0.717, 1.165) is 21.9 Å². The van der Waals surface area contributed by atoms with Crippen molar-refractivity contribution in [2.24, 2.45) is 5.73 Å². The molecular weight excluding hydrogens is 458 g/mol. The molecule has 4 aromatic rings. The lowest BCUT2D eigenvalue weighted by Gasteiger charge is -2.24. The highest BCUT2D eigenvalue weighted by atomic mass is 16.6. The number of carbonyl (C=O) groups excluding carboxylic acids is 2. The van der Waals surface area contributed by atoms with Gasteiger partial charge in [-0.1, -0.05) is 48.5 Å². The second kappa shape index (κ2) is 10.2. The van der Waals surface area contributed by atoms with Gasteiger partial charge in [-0.2, -0.15) is 0 Å². The molecule has 1 unspecified atom stereocenters. The van der Waals surface area contributed by atoms with E-state index in [1.54, 1.807) is 6.07 Å². The summed E-state index contributed by atoms with van der Waals surface area (Å²) in [5.41, 5.74) is 13.6. The number of pyridine rings is 1. The third kappa shape index (κ3) is 5.75. The minimum Gasteiger partial charge on any atom is -0.444 e. The molecule has 4 rings (SSSR count). The number of carbonyl (C=O) groups is 2.